The number of rotatable bonds is 7. The van der Waals surface area contributed by atoms with Crippen molar-refractivity contribution in [2.45, 2.75) is 26.3 Å². The molecule has 0 aliphatic carbocycles. The van der Waals surface area contributed by atoms with Crippen molar-refractivity contribution in [1.29, 1.82) is 0 Å². The largest absolute Gasteiger partial charge is 1.00 e. The second-order valence-corrected chi connectivity index (χ2v) is 8.42. The van der Waals surface area contributed by atoms with Crippen LogP contribution < -0.4 is 44.9 Å². The van der Waals surface area contributed by atoms with Gasteiger partial charge in [-0.25, -0.2) is 4.79 Å². The fourth-order valence-corrected chi connectivity index (χ4v) is 3.87. The van der Waals surface area contributed by atoms with E-state index in [0.717, 1.165) is 4.90 Å². The molecule has 3 amide bonds. The predicted octanol–water partition coefficient (Wildman–Crippen LogP) is 0.0240. The maximum atomic E-state index is 13.2. The molecule has 1 heterocycles. The minimum Gasteiger partial charge on any atom is -0.550 e. The van der Waals surface area contributed by atoms with Crippen molar-refractivity contribution < 1.29 is 53.8 Å². The minimum absolute atomic E-state index is 0. The van der Waals surface area contributed by atoms with Crippen LogP contribution in [0.15, 0.2) is 54.2 Å². The van der Waals surface area contributed by atoms with Gasteiger partial charge in [-0.3, -0.25) is 14.5 Å². The molecule has 0 bridgehead atoms. The molecule has 1 aliphatic rings. The summed E-state index contributed by atoms with van der Waals surface area (Å²) >= 11 is 12.2. The Kier molecular flexibility index (Phi) is 10.4. The molecule has 3 rings (SSSR count). The molecule has 0 fully saturated rings. The second-order valence-electron chi connectivity index (χ2n) is 7.61. The number of hydrogen-bond donors (Lipinski definition) is 1. The van der Waals surface area contributed by atoms with E-state index >= 15 is 0 Å². The summed E-state index contributed by atoms with van der Waals surface area (Å²) in [5.41, 5.74) is 1.96. The first kappa shape index (κ1) is 28.9. The van der Waals surface area contributed by atoms with Crippen LogP contribution in [0.4, 0.5) is 10.5 Å². The molecule has 0 radical (unpaired) electrons. The first-order chi connectivity index (χ1) is 16.1. The molecular formula is C24H22Cl2N3NaO5. The Labute approximate surface area is 235 Å². The van der Waals surface area contributed by atoms with Gasteiger partial charge in [0.25, 0.3) is 5.91 Å². The van der Waals surface area contributed by atoms with E-state index < -0.39 is 36.2 Å². The van der Waals surface area contributed by atoms with E-state index in [9.17, 15) is 24.3 Å². The molecule has 35 heavy (non-hydrogen) atoms. The number of likely N-dealkylation sites (N-methyl/N-ethyl adjacent to an activating group) is 1. The van der Waals surface area contributed by atoms with E-state index in [0.29, 0.717) is 33.3 Å². The number of halogens is 2. The van der Waals surface area contributed by atoms with Crippen molar-refractivity contribution in [3.05, 3.63) is 64.3 Å². The third kappa shape index (κ3) is 6.65. The fourth-order valence-electron chi connectivity index (χ4n) is 3.57. The summed E-state index contributed by atoms with van der Waals surface area (Å²) in [5.74, 6) is -2.42. The monoisotopic (exact) mass is 525 g/mol. The smallest absolute Gasteiger partial charge is 0.550 e. The molecule has 1 N–H and O–H groups in total. The van der Waals surface area contributed by atoms with Crippen LogP contribution in [0.3, 0.4) is 0 Å². The van der Waals surface area contributed by atoms with Gasteiger partial charge in [-0.2, -0.15) is 0 Å². The molecule has 1 unspecified atom stereocenters. The number of carboxylic acid groups (broad SMARTS) is 1. The van der Waals surface area contributed by atoms with Crippen molar-refractivity contribution in [2.24, 2.45) is 0 Å². The molecular weight excluding hydrogens is 504 g/mol. The van der Waals surface area contributed by atoms with Gasteiger partial charge in [0.1, 0.15) is 0 Å². The third-order valence-electron chi connectivity index (χ3n) is 5.30. The number of amides is 3. The summed E-state index contributed by atoms with van der Waals surface area (Å²) in [6.45, 7) is 3.40. The molecule has 0 saturated carbocycles. The number of nitrogens with zero attached hydrogens (tertiary/aromatic N) is 2. The van der Waals surface area contributed by atoms with Crippen LogP contribution in [0.2, 0.25) is 10.0 Å². The fraction of sp³-hybridized carbons (Fsp3) is 0.250. The van der Waals surface area contributed by atoms with E-state index in [4.69, 9.17) is 23.2 Å². The Balaban J connectivity index is 0.00000432. The number of ketones is 1. The quantitative estimate of drug-likeness (QED) is 0.405. The Morgan fingerprint density at radius 2 is 1.77 bits per heavy atom. The summed E-state index contributed by atoms with van der Waals surface area (Å²) in [4.78, 5) is 52.6. The van der Waals surface area contributed by atoms with E-state index in [1.807, 2.05) is 0 Å². The molecule has 0 aromatic heterocycles. The van der Waals surface area contributed by atoms with Crippen molar-refractivity contribution in [3.8, 4) is 11.1 Å². The van der Waals surface area contributed by atoms with Crippen molar-refractivity contribution in [1.82, 2.24) is 10.2 Å². The van der Waals surface area contributed by atoms with Crippen LogP contribution in [-0.4, -0.2) is 47.7 Å². The van der Waals surface area contributed by atoms with Crippen molar-refractivity contribution in [2.75, 3.05) is 18.0 Å². The van der Waals surface area contributed by atoms with E-state index in [1.165, 1.54) is 11.1 Å². The van der Waals surface area contributed by atoms with Gasteiger partial charge in [0.2, 0.25) is 0 Å². The first-order valence-electron chi connectivity index (χ1n) is 10.5. The summed E-state index contributed by atoms with van der Waals surface area (Å²) in [5, 5.41) is 14.0. The topological polar surface area (TPSA) is 110 Å². The molecule has 8 nitrogen and oxygen atoms in total. The molecule has 2 aromatic rings. The average molecular weight is 526 g/mol. The molecule has 1 aliphatic heterocycles. The number of benzene rings is 2. The number of carboxylic acids is 1. The summed E-state index contributed by atoms with van der Waals surface area (Å²) in [6, 6.07) is 9.50. The molecule has 0 spiro atoms. The van der Waals surface area contributed by atoms with Gasteiger partial charge in [0.05, 0.1) is 10.0 Å². The SMILES string of the molecule is CCN1C=C(C)C(=O)C(N(C(=O)NCCC(=O)[O-])c2cccc(-c3ccc(Cl)c(Cl)c3)c2)C1=O.[Na+]. The van der Waals surface area contributed by atoms with Gasteiger partial charge in [-0.05, 0) is 49.2 Å². The number of anilines is 1. The average Bonchev–Trinajstić information content (AvgIpc) is 2.80. The van der Waals surface area contributed by atoms with E-state index in [-0.39, 0.29) is 41.8 Å². The Morgan fingerprint density at radius 3 is 2.40 bits per heavy atom. The van der Waals surface area contributed by atoms with Gasteiger partial charge in [-0.15, -0.1) is 0 Å². The zero-order valence-electron chi connectivity index (χ0n) is 19.5. The van der Waals surface area contributed by atoms with Gasteiger partial charge in [0, 0.05) is 42.9 Å². The molecule has 0 saturated heterocycles. The minimum atomic E-state index is -1.45. The number of carbonyl (C=O) groups is 4. The predicted molar refractivity (Wildman–Crippen MR) is 127 cm³/mol. The van der Waals surface area contributed by atoms with E-state index in [1.54, 1.807) is 56.3 Å². The van der Waals surface area contributed by atoms with Crippen LogP contribution in [0.1, 0.15) is 20.3 Å². The van der Waals surface area contributed by atoms with Crippen molar-refractivity contribution in [3.63, 3.8) is 0 Å². The maximum absolute atomic E-state index is 13.2. The molecule has 11 heteroatoms. The molecule has 1 atom stereocenters. The third-order valence-corrected chi connectivity index (χ3v) is 6.04. The Hall–Kier alpha value is -2.36. The normalized spacial score (nSPS) is 15.3. The van der Waals surface area contributed by atoms with Gasteiger partial charge >= 0.3 is 35.6 Å². The summed E-state index contributed by atoms with van der Waals surface area (Å²) in [7, 11) is 0. The Morgan fingerprint density at radius 1 is 1.09 bits per heavy atom. The zero-order chi connectivity index (χ0) is 25.0. The van der Waals surface area contributed by atoms with Crippen molar-refractivity contribution >= 4 is 52.6 Å². The molecule has 2 aromatic carbocycles. The van der Waals surface area contributed by atoms with Crippen LogP contribution in [0.5, 0.6) is 0 Å². The van der Waals surface area contributed by atoms with Gasteiger partial charge < -0.3 is 20.1 Å². The zero-order valence-corrected chi connectivity index (χ0v) is 23.0. The number of nitrogens with one attached hydrogen (secondary N) is 1. The Bertz CT molecular complexity index is 1190. The van der Waals surface area contributed by atoms with Crippen LogP contribution in [0.25, 0.3) is 11.1 Å². The van der Waals surface area contributed by atoms with Gasteiger partial charge in [-0.1, -0.05) is 41.4 Å². The number of aliphatic carboxylic acids is 1. The van der Waals surface area contributed by atoms with E-state index in [2.05, 4.69) is 5.32 Å². The standard InChI is InChI=1S/C24H23Cl2N3O5.Na/c1-3-28-13-14(2)22(32)21(23(28)33)29(24(34)27-10-9-20(30)31)17-6-4-5-15(11-17)16-7-8-18(25)19(26)12-16;/h4-8,11-13,21H,3,9-10H2,1-2H3,(H,27,34)(H,30,31);/q;+1/p-1. The first-order valence-corrected chi connectivity index (χ1v) is 11.2. The molecule has 178 valence electrons. The van der Waals surface area contributed by atoms with Crippen LogP contribution >= 0.6 is 23.2 Å². The second kappa shape index (κ2) is 12.6. The number of carbonyl (C=O) groups excluding carboxylic acids is 4. The summed E-state index contributed by atoms with van der Waals surface area (Å²) in [6.07, 6.45) is 1.04. The summed E-state index contributed by atoms with van der Waals surface area (Å²) < 4.78 is 0. The number of Topliss-reactive ketones (excluding diaryl/α,β-unsaturated/α-hetero) is 1. The van der Waals surface area contributed by atoms with Crippen LogP contribution in [0, 0.1) is 0 Å². The van der Waals surface area contributed by atoms with Gasteiger partial charge in [0.15, 0.2) is 11.8 Å². The maximum Gasteiger partial charge on any atom is 1.00 e. The van der Waals surface area contributed by atoms with Crippen LogP contribution in [-0.2, 0) is 14.4 Å². The number of hydrogen-bond acceptors (Lipinski definition) is 5. The number of urea groups is 1.